The summed E-state index contributed by atoms with van der Waals surface area (Å²) < 4.78 is 5.31. The number of morpholine rings is 1. The van der Waals surface area contributed by atoms with Crippen LogP contribution in [0.4, 0.5) is 0 Å². The van der Waals surface area contributed by atoms with E-state index in [0.29, 0.717) is 45.0 Å². The molecule has 0 bridgehead atoms. The zero-order chi connectivity index (χ0) is 19.9. The maximum atomic E-state index is 12.7. The van der Waals surface area contributed by atoms with Crippen LogP contribution in [0.2, 0.25) is 0 Å². The van der Waals surface area contributed by atoms with Crippen LogP contribution in [0.25, 0.3) is 0 Å². The second-order valence-electron chi connectivity index (χ2n) is 7.59. The third-order valence-corrected chi connectivity index (χ3v) is 5.70. The number of rotatable bonds is 6. The molecule has 0 N–H and O–H groups in total. The maximum Gasteiger partial charge on any atom is 0.227 e. The van der Waals surface area contributed by atoms with E-state index in [-0.39, 0.29) is 36.4 Å². The number of hydrogen-bond acceptors (Lipinski definition) is 4. The van der Waals surface area contributed by atoms with Gasteiger partial charge in [0.2, 0.25) is 11.8 Å². The van der Waals surface area contributed by atoms with E-state index in [1.54, 1.807) is 4.90 Å². The Morgan fingerprint density at radius 2 is 1.71 bits per heavy atom. The fourth-order valence-electron chi connectivity index (χ4n) is 3.90. The minimum absolute atomic E-state index is 0.00560. The fraction of sp³-hybridized carbons (Fsp3) is 0.591. The number of carbonyl (C=O) groups excluding carboxylic acids is 3. The Bertz CT molecular complexity index is 695. The van der Waals surface area contributed by atoms with E-state index in [1.807, 2.05) is 29.2 Å². The van der Waals surface area contributed by atoms with Crippen molar-refractivity contribution in [3.05, 3.63) is 35.4 Å². The van der Waals surface area contributed by atoms with E-state index in [0.717, 1.165) is 19.3 Å². The van der Waals surface area contributed by atoms with Crippen LogP contribution in [0, 0.1) is 5.92 Å². The molecule has 2 aliphatic heterocycles. The van der Waals surface area contributed by atoms with Crippen molar-refractivity contribution in [2.75, 3.05) is 39.4 Å². The number of nitrogens with zero attached hydrogens (tertiary/aromatic N) is 2. The first-order valence-electron chi connectivity index (χ1n) is 10.3. The SMILES string of the molecule is CCc1ccc(C(=O)CCC(=O)N2CCCC(C(=O)N3CCOCC3)C2)cc1. The number of likely N-dealkylation sites (tertiary alicyclic amines) is 1. The summed E-state index contributed by atoms with van der Waals surface area (Å²) >= 11 is 0. The molecular formula is C22H30N2O4. The first-order valence-corrected chi connectivity index (χ1v) is 10.3. The molecule has 2 heterocycles. The summed E-state index contributed by atoms with van der Waals surface area (Å²) in [5.74, 6) is -0.0343. The number of amides is 2. The molecule has 0 saturated carbocycles. The van der Waals surface area contributed by atoms with Crippen molar-refractivity contribution in [3.63, 3.8) is 0 Å². The Morgan fingerprint density at radius 3 is 2.39 bits per heavy atom. The number of piperidine rings is 1. The molecule has 3 rings (SSSR count). The van der Waals surface area contributed by atoms with Crippen LogP contribution >= 0.6 is 0 Å². The standard InChI is InChI=1S/C22H30N2O4/c1-2-17-5-7-18(8-6-17)20(25)9-10-21(26)24-11-3-4-19(16-24)22(27)23-12-14-28-15-13-23/h5-8,19H,2-4,9-16H2,1H3. The minimum Gasteiger partial charge on any atom is -0.378 e. The smallest absolute Gasteiger partial charge is 0.227 e. The molecular weight excluding hydrogens is 356 g/mol. The molecule has 6 nitrogen and oxygen atoms in total. The van der Waals surface area contributed by atoms with Crippen molar-refractivity contribution in [2.24, 2.45) is 5.92 Å². The molecule has 2 fully saturated rings. The highest BCUT2D eigenvalue weighted by Crippen LogP contribution is 2.21. The van der Waals surface area contributed by atoms with Crippen LogP contribution in [-0.4, -0.2) is 66.8 Å². The van der Waals surface area contributed by atoms with E-state index in [1.165, 1.54) is 5.56 Å². The lowest BCUT2D eigenvalue weighted by molar-refractivity contribution is -0.144. The monoisotopic (exact) mass is 386 g/mol. The molecule has 2 saturated heterocycles. The van der Waals surface area contributed by atoms with Crippen molar-refractivity contribution in [1.29, 1.82) is 0 Å². The first-order chi connectivity index (χ1) is 13.6. The molecule has 0 aliphatic carbocycles. The quantitative estimate of drug-likeness (QED) is 0.704. The molecule has 2 aliphatic rings. The van der Waals surface area contributed by atoms with Gasteiger partial charge in [0.25, 0.3) is 0 Å². The van der Waals surface area contributed by atoms with E-state index in [4.69, 9.17) is 4.74 Å². The van der Waals surface area contributed by atoms with Crippen LogP contribution in [-0.2, 0) is 20.7 Å². The number of ketones is 1. The normalized spacial score (nSPS) is 20.1. The lowest BCUT2D eigenvalue weighted by atomic mass is 9.95. The van der Waals surface area contributed by atoms with Crippen LogP contribution < -0.4 is 0 Å². The topological polar surface area (TPSA) is 66.9 Å². The summed E-state index contributed by atoms with van der Waals surface area (Å²) in [7, 11) is 0. The second kappa shape index (κ2) is 9.82. The van der Waals surface area contributed by atoms with Crippen molar-refractivity contribution >= 4 is 17.6 Å². The number of aryl methyl sites for hydroxylation is 1. The third kappa shape index (κ3) is 5.19. The summed E-state index contributed by atoms with van der Waals surface area (Å²) in [5.41, 5.74) is 1.85. The average molecular weight is 386 g/mol. The molecule has 28 heavy (non-hydrogen) atoms. The van der Waals surface area contributed by atoms with Crippen LogP contribution in [0.5, 0.6) is 0 Å². The van der Waals surface area contributed by atoms with Crippen molar-refractivity contribution in [2.45, 2.75) is 39.0 Å². The molecule has 2 amide bonds. The van der Waals surface area contributed by atoms with Crippen molar-refractivity contribution in [1.82, 2.24) is 9.80 Å². The first kappa shape index (κ1) is 20.5. The maximum absolute atomic E-state index is 12.7. The van der Waals surface area contributed by atoms with Gasteiger partial charge in [0.15, 0.2) is 5.78 Å². The van der Waals surface area contributed by atoms with Crippen LogP contribution in [0.1, 0.15) is 48.5 Å². The van der Waals surface area contributed by atoms with Crippen molar-refractivity contribution < 1.29 is 19.1 Å². The van der Waals surface area contributed by atoms with E-state index in [2.05, 4.69) is 6.92 Å². The number of Topliss-reactive ketones (excluding diaryl/α,β-unsaturated/α-hetero) is 1. The van der Waals surface area contributed by atoms with Crippen LogP contribution in [0.3, 0.4) is 0 Å². The van der Waals surface area contributed by atoms with Gasteiger partial charge in [0, 0.05) is 44.6 Å². The second-order valence-corrected chi connectivity index (χ2v) is 7.59. The zero-order valence-corrected chi connectivity index (χ0v) is 16.7. The summed E-state index contributed by atoms with van der Waals surface area (Å²) in [4.78, 5) is 41.3. The molecule has 0 aromatic heterocycles. The van der Waals surface area contributed by atoms with Gasteiger partial charge >= 0.3 is 0 Å². The minimum atomic E-state index is -0.131. The Balaban J connectivity index is 1.49. The summed E-state index contributed by atoms with van der Waals surface area (Å²) in [5, 5.41) is 0. The molecule has 152 valence electrons. The van der Waals surface area contributed by atoms with Gasteiger partial charge in [-0.15, -0.1) is 0 Å². The largest absolute Gasteiger partial charge is 0.378 e. The molecule has 1 atom stereocenters. The van der Waals surface area contributed by atoms with Crippen molar-refractivity contribution in [3.8, 4) is 0 Å². The van der Waals surface area contributed by atoms with Gasteiger partial charge in [0.1, 0.15) is 0 Å². The van der Waals surface area contributed by atoms with Gasteiger partial charge in [-0.05, 0) is 24.8 Å². The Morgan fingerprint density at radius 1 is 1.00 bits per heavy atom. The predicted octanol–water partition coefficient (Wildman–Crippen LogP) is 2.31. The van der Waals surface area contributed by atoms with Gasteiger partial charge in [-0.2, -0.15) is 0 Å². The van der Waals surface area contributed by atoms with Gasteiger partial charge in [-0.1, -0.05) is 31.2 Å². The van der Waals surface area contributed by atoms with Gasteiger partial charge in [-0.25, -0.2) is 0 Å². The molecule has 1 aromatic carbocycles. The summed E-state index contributed by atoms with van der Waals surface area (Å²) in [6, 6.07) is 7.59. The molecule has 0 spiro atoms. The number of carbonyl (C=O) groups is 3. The Hall–Kier alpha value is -2.21. The lowest BCUT2D eigenvalue weighted by Crippen LogP contribution is -2.49. The number of hydrogen-bond donors (Lipinski definition) is 0. The van der Waals surface area contributed by atoms with E-state index in [9.17, 15) is 14.4 Å². The number of benzene rings is 1. The van der Waals surface area contributed by atoms with Gasteiger partial charge in [-0.3, -0.25) is 14.4 Å². The highest BCUT2D eigenvalue weighted by molar-refractivity contribution is 5.98. The fourth-order valence-corrected chi connectivity index (χ4v) is 3.90. The van der Waals surface area contributed by atoms with E-state index < -0.39 is 0 Å². The molecule has 6 heteroatoms. The zero-order valence-electron chi connectivity index (χ0n) is 16.7. The average Bonchev–Trinajstić information content (AvgIpc) is 2.77. The molecule has 0 radical (unpaired) electrons. The van der Waals surface area contributed by atoms with Gasteiger partial charge < -0.3 is 14.5 Å². The summed E-state index contributed by atoms with van der Waals surface area (Å²) in [6.45, 7) is 5.65. The highest BCUT2D eigenvalue weighted by atomic mass is 16.5. The lowest BCUT2D eigenvalue weighted by Gasteiger charge is -2.36. The highest BCUT2D eigenvalue weighted by Gasteiger charge is 2.31. The predicted molar refractivity (Wildman–Crippen MR) is 106 cm³/mol. The van der Waals surface area contributed by atoms with Gasteiger partial charge in [0.05, 0.1) is 19.1 Å². The number of ether oxygens (including phenoxy) is 1. The van der Waals surface area contributed by atoms with E-state index >= 15 is 0 Å². The van der Waals surface area contributed by atoms with Crippen LogP contribution in [0.15, 0.2) is 24.3 Å². The molecule has 1 unspecified atom stereocenters. The molecule has 1 aromatic rings. The Labute approximate surface area is 166 Å². The Kier molecular flexibility index (Phi) is 7.20. The summed E-state index contributed by atoms with van der Waals surface area (Å²) in [6.07, 6.45) is 3.00. The third-order valence-electron chi connectivity index (χ3n) is 5.70.